The normalized spacial score (nSPS) is 12.2. The standard InChI is InChI=1S/C21H17NO5S/c1-13-8-20(22-16-5-3-2-4-15(13)16)28-11-21(24)25-10-17(23)14-6-7-18-19(9-14)27-12-26-18/h2-9H,10-12H2,1H3. The van der Waals surface area contributed by atoms with E-state index >= 15 is 0 Å². The summed E-state index contributed by atoms with van der Waals surface area (Å²) in [5, 5.41) is 1.83. The van der Waals surface area contributed by atoms with Gasteiger partial charge in [0.1, 0.15) is 0 Å². The van der Waals surface area contributed by atoms with Crippen LogP contribution in [0.15, 0.2) is 53.6 Å². The van der Waals surface area contributed by atoms with Crippen LogP contribution in [0, 0.1) is 6.92 Å². The van der Waals surface area contributed by atoms with Crippen molar-refractivity contribution >= 4 is 34.4 Å². The third-order valence-electron chi connectivity index (χ3n) is 4.30. The molecule has 6 nitrogen and oxygen atoms in total. The van der Waals surface area contributed by atoms with Crippen LogP contribution in [0.2, 0.25) is 0 Å². The monoisotopic (exact) mass is 395 g/mol. The Kier molecular flexibility index (Phi) is 5.16. The second-order valence-corrected chi connectivity index (χ2v) is 7.23. The van der Waals surface area contributed by atoms with E-state index in [0.29, 0.717) is 17.1 Å². The van der Waals surface area contributed by atoms with Crippen molar-refractivity contribution in [2.24, 2.45) is 0 Å². The lowest BCUT2D eigenvalue weighted by atomic mass is 10.1. The first-order chi connectivity index (χ1) is 13.6. The molecule has 142 valence electrons. The van der Waals surface area contributed by atoms with Crippen LogP contribution in [-0.2, 0) is 9.53 Å². The van der Waals surface area contributed by atoms with Gasteiger partial charge in [0.2, 0.25) is 6.79 Å². The predicted octanol–water partition coefficient (Wildman–Crippen LogP) is 3.79. The number of aryl methyl sites for hydroxylation is 1. The van der Waals surface area contributed by atoms with Crippen molar-refractivity contribution in [3.63, 3.8) is 0 Å². The maximum absolute atomic E-state index is 12.2. The van der Waals surface area contributed by atoms with Gasteiger partial charge in [-0.05, 0) is 42.8 Å². The SMILES string of the molecule is Cc1cc(SCC(=O)OCC(=O)c2ccc3c(c2)OCO3)nc2ccccc12. The average Bonchev–Trinajstić information content (AvgIpc) is 3.18. The van der Waals surface area contributed by atoms with E-state index in [2.05, 4.69) is 4.98 Å². The van der Waals surface area contributed by atoms with Gasteiger partial charge < -0.3 is 14.2 Å². The quantitative estimate of drug-likeness (QED) is 0.357. The van der Waals surface area contributed by atoms with Gasteiger partial charge in [0.25, 0.3) is 0 Å². The molecule has 7 heteroatoms. The van der Waals surface area contributed by atoms with E-state index in [1.54, 1.807) is 18.2 Å². The molecular formula is C21H17NO5S. The molecule has 1 aliphatic rings. The number of thioether (sulfide) groups is 1. The fraction of sp³-hybridized carbons (Fsp3) is 0.190. The predicted molar refractivity (Wildman–Crippen MR) is 105 cm³/mol. The number of aromatic nitrogens is 1. The van der Waals surface area contributed by atoms with Gasteiger partial charge in [0, 0.05) is 10.9 Å². The lowest BCUT2D eigenvalue weighted by Gasteiger charge is -2.07. The molecule has 0 unspecified atom stereocenters. The number of ketones is 1. The minimum absolute atomic E-state index is 0.0825. The molecule has 0 saturated carbocycles. The number of ether oxygens (including phenoxy) is 3. The topological polar surface area (TPSA) is 74.7 Å². The van der Waals surface area contributed by atoms with Gasteiger partial charge in [-0.1, -0.05) is 30.0 Å². The van der Waals surface area contributed by atoms with Crippen molar-refractivity contribution in [1.82, 2.24) is 4.98 Å². The first-order valence-corrected chi connectivity index (χ1v) is 9.66. The van der Waals surface area contributed by atoms with Crippen LogP contribution in [0.25, 0.3) is 10.9 Å². The van der Waals surface area contributed by atoms with Crippen molar-refractivity contribution in [3.8, 4) is 11.5 Å². The first-order valence-electron chi connectivity index (χ1n) is 8.68. The van der Waals surface area contributed by atoms with Crippen molar-refractivity contribution in [2.45, 2.75) is 11.9 Å². The number of carbonyl (C=O) groups is 2. The van der Waals surface area contributed by atoms with Crippen LogP contribution in [0.4, 0.5) is 0 Å². The Hall–Kier alpha value is -3.06. The van der Waals surface area contributed by atoms with E-state index < -0.39 is 5.97 Å². The lowest BCUT2D eigenvalue weighted by molar-refractivity contribution is -0.139. The Labute approximate surface area is 165 Å². The van der Waals surface area contributed by atoms with Gasteiger partial charge in [-0.25, -0.2) is 4.98 Å². The fourth-order valence-corrected chi connectivity index (χ4v) is 3.64. The van der Waals surface area contributed by atoms with Crippen LogP contribution < -0.4 is 9.47 Å². The second-order valence-electron chi connectivity index (χ2n) is 6.24. The van der Waals surface area contributed by atoms with Gasteiger partial charge in [0.15, 0.2) is 23.9 Å². The van der Waals surface area contributed by atoms with Crippen LogP contribution in [-0.4, -0.2) is 35.9 Å². The highest BCUT2D eigenvalue weighted by Crippen LogP contribution is 2.32. The number of nitrogens with zero attached hydrogens (tertiary/aromatic N) is 1. The molecule has 0 fully saturated rings. The lowest BCUT2D eigenvalue weighted by Crippen LogP contribution is -2.15. The van der Waals surface area contributed by atoms with Crippen LogP contribution in [0.1, 0.15) is 15.9 Å². The molecule has 2 heterocycles. The Bertz CT molecular complexity index is 1070. The summed E-state index contributed by atoms with van der Waals surface area (Å²) in [4.78, 5) is 28.8. The molecule has 0 aliphatic carbocycles. The van der Waals surface area contributed by atoms with Gasteiger partial charge in [0.05, 0.1) is 16.3 Å². The van der Waals surface area contributed by atoms with Gasteiger partial charge in [-0.3, -0.25) is 9.59 Å². The van der Waals surface area contributed by atoms with E-state index in [9.17, 15) is 9.59 Å². The van der Waals surface area contributed by atoms with Gasteiger partial charge in [-0.2, -0.15) is 0 Å². The minimum Gasteiger partial charge on any atom is -0.457 e. The van der Waals surface area contributed by atoms with E-state index in [1.807, 2.05) is 37.3 Å². The summed E-state index contributed by atoms with van der Waals surface area (Å²) < 4.78 is 15.6. The molecule has 0 N–H and O–H groups in total. The van der Waals surface area contributed by atoms with E-state index in [1.165, 1.54) is 11.8 Å². The van der Waals surface area contributed by atoms with Crippen LogP contribution >= 0.6 is 11.8 Å². The van der Waals surface area contributed by atoms with E-state index in [-0.39, 0.29) is 24.9 Å². The largest absolute Gasteiger partial charge is 0.457 e. The molecule has 0 atom stereocenters. The number of Topliss-reactive ketones (excluding diaryl/α,β-unsaturated/α-hetero) is 1. The highest BCUT2D eigenvalue weighted by atomic mass is 32.2. The zero-order chi connectivity index (χ0) is 19.5. The highest BCUT2D eigenvalue weighted by molar-refractivity contribution is 7.99. The Balaban J connectivity index is 1.32. The van der Waals surface area contributed by atoms with E-state index in [0.717, 1.165) is 21.5 Å². The summed E-state index contributed by atoms with van der Waals surface area (Å²) in [6.07, 6.45) is 0. The van der Waals surface area contributed by atoms with Crippen molar-refractivity contribution in [2.75, 3.05) is 19.2 Å². The van der Waals surface area contributed by atoms with E-state index in [4.69, 9.17) is 14.2 Å². The number of benzene rings is 2. The molecule has 28 heavy (non-hydrogen) atoms. The third kappa shape index (κ3) is 3.94. The van der Waals surface area contributed by atoms with Crippen LogP contribution in [0.3, 0.4) is 0 Å². The molecule has 3 aromatic rings. The first kappa shape index (κ1) is 18.3. The van der Waals surface area contributed by atoms with Crippen molar-refractivity contribution in [3.05, 3.63) is 59.7 Å². The van der Waals surface area contributed by atoms with Crippen molar-refractivity contribution < 1.29 is 23.8 Å². The van der Waals surface area contributed by atoms with Crippen molar-refractivity contribution in [1.29, 1.82) is 0 Å². The fourth-order valence-electron chi connectivity index (χ4n) is 2.87. The maximum atomic E-state index is 12.2. The number of carbonyl (C=O) groups excluding carboxylic acids is 2. The summed E-state index contributed by atoms with van der Waals surface area (Å²) in [5.74, 6) is 0.441. The molecule has 0 spiro atoms. The molecule has 1 aromatic heterocycles. The Morgan fingerprint density at radius 2 is 1.93 bits per heavy atom. The highest BCUT2D eigenvalue weighted by Gasteiger charge is 2.17. The smallest absolute Gasteiger partial charge is 0.316 e. The molecular weight excluding hydrogens is 378 g/mol. The molecule has 2 aromatic carbocycles. The molecule has 0 amide bonds. The summed E-state index contributed by atoms with van der Waals surface area (Å²) in [7, 11) is 0. The number of fused-ring (bicyclic) bond motifs is 2. The zero-order valence-corrected chi connectivity index (χ0v) is 16.0. The average molecular weight is 395 g/mol. The van der Waals surface area contributed by atoms with Crippen LogP contribution in [0.5, 0.6) is 11.5 Å². The zero-order valence-electron chi connectivity index (χ0n) is 15.1. The number of esters is 1. The molecule has 0 bridgehead atoms. The minimum atomic E-state index is -0.466. The molecule has 0 saturated heterocycles. The Morgan fingerprint density at radius 1 is 1.11 bits per heavy atom. The number of pyridine rings is 1. The number of hydrogen-bond acceptors (Lipinski definition) is 7. The number of para-hydroxylation sites is 1. The summed E-state index contributed by atoms with van der Waals surface area (Å²) >= 11 is 1.29. The summed E-state index contributed by atoms with van der Waals surface area (Å²) in [5.41, 5.74) is 2.40. The molecule has 4 rings (SSSR count). The van der Waals surface area contributed by atoms with Gasteiger partial charge >= 0.3 is 5.97 Å². The molecule has 0 radical (unpaired) electrons. The third-order valence-corrected chi connectivity index (χ3v) is 5.18. The summed E-state index contributed by atoms with van der Waals surface area (Å²) in [6, 6.07) is 14.7. The number of hydrogen-bond donors (Lipinski definition) is 0. The second kappa shape index (κ2) is 7.90. The van der Waals surface area contributed by atoms with Gasteiger partial charge in [-0.15, -0.1) is 0 Å². The maximum Gasteiger partial charge on any atom is 0.316 e. The number of rotatable bonds is 6. The molecule has 1 aliphatic heterocycles. The summed E-state index contributed by atoms with van der Waals surface area (Å²) in [6.45, 7) is 1.83. The Morgan fingerprint density at radius 3 is 2.82 bits per heavy atom.